The number of carboxylic acid groups (broad SMARTS) is 1. The summed E-state index contributed by atoms with van der Waals surface area (Å²) in [6, 6.07) is -1.08. The topological polar surface area (TPSA) is 86.4 Å². The molecule has 4 nitrogen and oxygen atoms in total. The Hall–Kier alpha value is -0.610. The van der Waals surface area contributed by atoms with Crippen LogP contribution in [0.15, 0.2) is 0 Å². The second kappa shape index (κ2) is 3.53. The molecule has 0 heterocycles. The number of carbonyl (C=O) groups excluding carboxylic acids is 1. The Morgan fingerprint density at radius 3 is 2.10 bits per heavy atom. The molecule has 0 aliphatic rings. The average Bonchev–Trinajstić information content (AvgIpc) is 1.84. The van der Waals surface area contributed by atoms with Crippen molar-refractivity contribution in [1.82, 2.24) is 0 Å². The van der Waals surface area contributed by atoms with E-state index >= 15 is 0 Å². The molecule has 0 aromatic carbocycles. The van der Waals surface area contributed by atoms with E-state index in [9.17, 15) is 9.90 Å². The minimum Gasteiger partial charge on any atom is -0.548 e. The van der Waals surface area contributed by atoms with Crippen LogP contribution in [0.3, 0.4) is 0 Å². The first-order valence-electron chi connectivity index (χ1n) is 3.11. The van der Waals surface area contributed by atoms with Crippen molar-refractivity contribution in [2.75, 3.05) is 0 Å². The van der Waals surface area contributed by atoms with Gasteiger partial charge in [-0.2, -0.15) is 0 Å². The van der Waals surface area contributed by atoms with Crippen molar-refractivity contribution in [3.63, 3.8) is 0 Å². The van der Waals surface area contributed by atoms with E-state index in [0.717, 1.165) is 0 Å². The molecule has 3 N–H and O–H groups in total. The van der Waals surface area contributed by atoms with Crippen molar-refractivity contribution in [3.8, 4) is 0 Å². The lowest BCUT2D eigenvalue weighted by atomic mass is 9.98. The minimum absolute atomic E-state index is 0.468. The number of carboxylic acids is 1. The quantitative estimate of drug-likeness (QED) is 0.486. The summed E-state index contributed by atoms with van der Waals surface area (Å²) in [6.07, 6.45) is -0.715. The van der Waals surface area contributed by atoms with Crippen LogP contribution in [0.1, 0.15) is 13.8 Å². The second-order valence-corrected chi connectivity index (χ2v) is 2.44. The Kier molecular flexibility index (Phi) is 3.32. The van der Waals surface area contributed by atoms with E-state index in [-0.39, 0.29) is 0 Å². The van der Waals surface area contributed by atoms with Crippen LogP contribution in [0.2, 0.25) is 0 Å². The summed E-state index contributed by atoms with van der Waals surface area (Å²) in [4.78, 5) is 10.1. The maximum absolute atomic E-state index is 10.1. The zero-order valence-electron chi connectivity index (χ0n) is 6.07. The first-order chi connectivity index (χ1) is 4.46. The Morgan fingerprint density at radius 2 is 2.00 bits per heavy atom. The zero-order valence-corrected chi connectivity index (χ0v) is 6.07. The molecule has 0 radical (unpaired) electrons. The highest BCUT2D eigenvalue weighted by atomic mass is 16.4. The maximum Gasteiger partial charge on any atom is 0.0585 e. The Bertz CT molecular complexity index is 124. The van der Waals surface area contributed by atoms with Crippen LogP contribution >= 0.6 is 0 Å². The molecule has 10 heavy (non-hydrogen) atoms. The monoisotopic (exact) mass is 146 g/mol. The standard InChI is InChI=1S/C6H13NO3/c1-3(4(2)8)5(7)6(9)10/h3-5,8H,7H2,1-2H3,(H,9,10)/p-1/t3-,4-,5?/m0/s1. The van der Waals surface area contributed by atoms with Gasteiger partial charge in [0.05, 0.1) is 12.1 Å². The lowest BCUT2D eigenvalue weighted by molar-refractivity contribution is -0.309. The molecule has 0 saturated carbocycles. The van der Waals surface area contributed by atoms with Crippen LogP contribution < -0.4 is 10.8 Å². The fourth-order valence-electron chi connectivity index (χ4n) is 0.515. The van der Waals surface area contributed by atoms with E-state index in [0.29, 0.717) is 0 Å². The van der Waals surface area contributed by atoms with Gasteiger partial charge in [0.2, 0.25) is 0 Å². The molecule has 1 unspecified atom stereocenters. The molecule has 0 spiro atoms. The molecule has 0 aliphatic heterocycles. The molecule has 0 aromatic heterocycles. The van der Waals surface area contributed by atoms with Gasteiger partial charge in [-0.3, -0.25) is 0 Å². The van der Waals surface area contributed by atoms with E-state index in [1.54, 1.807) is 6.92 Å². The number of aliphatic carboxylic acids is 1. The first-order valence-corrected chi connectivity index (χ1v) is 3.11. The summed E-state index contributed by atoms with van der Waals surface area (Å²) in [7, 11) is 0. The van der Waals surface area contributed by atoms with Crippen LogP contribution in [0, 0.1) is 5.92 Å². The largest absolute Gasteiger partial charge is 0.548 e. The van der Waals surface area contributed by atoms with Crippen LogP contribution in [0.25, 0.3) is 0 Å². The van der Waals surface area contributed by atoms with Gasteiger partial charge in [-0.05, 0) is 6.92 Å². The van der Waals surface area contributed by atoms with Gasteiger partial charge in [0.15, 0.2) is 0 Å². The van der Waals surface area contributed by atoms with Gasteiger partial charge in [-0.1, -0.05) is 6.92 Å². The van der Waals surface area contributed by atoms with Gasteiger partial charge in [-0.15, -0.1) is 0 Å². The molecule has 60 valence electrons. The van der Waals surface area contributed by atoms with E-state index in [4.69, 9.17) is 10.8 Å². The van der Waals surface area contributed by atoms with Crippen molar-refractivity contribution in [2.45, 2.75) is 26.0 Å². The second-order valence-electron chi connectivity index (χ2n) is 2.44. The summed E-state index contributed by atoms with van der Waals surface area (Å²) < 4.78 is 0. The molecule has 0 bridgehead atoms. The van der Waals surface area contributed by atoms with Crippen LogP contribution in [0.4, 0.5) is 0 Å². The molecule has 0 fully saturated rings. The van der Waals surface area contributed by atoms with Gasteiger partial charge >= 0.3 is 0 Å². The molecule has 0 aliphatic carbocycles. The van der Waals surface area contributed by atoms with Gasteiger partial charge in [0.25, 0.3) is 0 Å². The van der Waals surface area contributed by atoms with Crippen LogP contribution in [-0.4, -0.2) is 23.2 Å². The molecule has 0 saturated heterocycles. The molecule has 3 atom stereocenters. The summed E-state index contributed by atoms with van der Waals surface area (Å²) in [6.45, 7) is 3.05. The average molecular weight is 146 g/mol. The van der Waals surface area contributed by atoms with E-state index in [1.807, 2.05) is 0 Å². The number of aliphatic hydroxyl groups excluding tert-OH is 1. The minimum atomic E-state index is -1.33. The maximum atomic E-state index is 10.1. The van der Waals surface area contributed by atoms with Gasteiger partial charge in [0.1, 0.15) is 0 Å². The van der Waals surface area contributed by atoms with E-state index in [2.05, 4.69) is 0 Å². The molecule has 0 rings (SSSR count). The lowest BCUT2D eigenvalue weighted by Gasteiger charge is -2.22. The summed E-state index contributed by atoms with van der Waals surface area (Å²) in [5, 5.41) is 19.0. The summed E-state index contributed by atoms with van der Waals surface area (Å²) in [5.74, 6) is -1.79. The molecule has 4 heteroatoms. The fraction of sp³-hybridized carbons (Fsp3) is 0.833. The number of rotatable bonds is 3. The molecule has 0 amide bonds. The number of carbonyl (C=O) groups is 1. The highest BCUT2D eigenvalue weighted by Crippen LogP contribution is 2.04. The van der Waals surface area contributed by atoms with Crippen LogP contribution in [-0.2, 0) is 4.79 Å². The SMILES string of the molecule is C[C@H](O)[C@H](C)C(N)C(=O)[O-]. The predicted molar refractivity (Wildman–Crippen MR) is 33.8 cm³/mol. The Balaban J connectivity index is 3.94. The highest BCUT2D eigenvalue weighted by molar-refractivity contribution is 5.71. The smallest absolute Gasteiger partial charge is 0.0585 e. The third-order valence-electron chi connectivity index (χ3n) is 1.60. The Morgan fingerprint density at radius 1 is 1.60 bits per heavy atom. The third kappa shape index (κ3) is 2.33. The van der Waals surface area contributed by atoms with Crippen molar-refractivity contribution < 1.29 is 15.0 Å². The normalized spacial score (nSPS) is 19.6. The zero-order chi connectivity index (χ0) is 8.31. The lowest BCUT2D eigenvalue weighted by Crippen LogP contribution is -2.48. The number of hydrogen-bond donors (Lipinski definition) is 2. The van der Waals surface area contributed by atoms with Crippen molar-refractivity contribution >= 4 is 5.97 Å². The number of hydrogen-bond acceptors (Lipinski definition) is 4. The molecular formula is C6H12NO3-. The number of nitrogens with two attached hydrogens (primary N) is 1. The Labute approximate surface area is 59.7 Å². The fourth-order valence-corrected chi connectivity index (χ4v) is 0.515. The molecule has 0 aromatic rings. The predicted octanol–water partition coefficient (Wildman–Crippen LogP) is -1.92. The highest BCUT2D eigenvalue weighted by Gasteiger charge is 2.17. The summed E-state index contributed by atoms with van der Waals surface area (Å²) in [5.41, 5.74) is 5.14. The van der Waals surface area contributed by atoms with Crippen LogP contribution in [0.5, 0.6) is 0 Å². The number of aliphatic hydroxyl groups is 1. The van der Waals surface area contributed by atoms with Crippen molar-refractivity contribution in [2.24, 2.45) is 11.7 Å². The molecular weight excluding hydrogens is 134 g/mol. The third-order valence-corrected chi connectivity index (χ3v) is 1.60. The van der Waals surface area contributed by atoms with Crippen molar-refractivity contribution in [3.05, 3.63) is 0 Å². The van der Waals surface area contributed by atoms with Gasteiger partial charge in [0, 0.05) is 12.0 Å². The van der Waals surface area contributed by atoms with E-state index < -0.39 is 24.0 Å². The first kappa shape index (κ1) is 9.39. The summed E-state index contributed by atoms with van der Waals surface area (Å²) >= 11 is 0. The van der Waals surface area contributed by atoms with Gasteiger partial charge < -0.3 is 20.7 Å². The van der Waals surface area contributed by atoms with Gasteiger partial charge in [-0.25, -0.2) is 0 Å². The van der Waals surface area contributed by atoms with Crippen molar-refractivity contribution in [1.29, 1.82) is 0 Å². The van der Waals surface area contributed by atoms with E-state index in [1.165, 1.54) is 6.92 Å².